The standard InChI is InChI=1S/C16H23NO4/c1-15(5-2-3-6-15)14(20)17-12-4-7-21-16(10-12)8-11(9-16)13(18)19/h2-3,11-12H,4-10H2,1H3,(H,17,20)(H,18,19). The van der Waals surface area contributed by atoms with Gasteiger partial charge in [-0.15, -0.1) is 0 Å². The van der Waals surface area contributed by atoms with Crippen LogP contribution in [0, 0.1) is 11.3 Å². The van der Waals surface area contributed by atoms with Gasteiger partial charge in [0.2, 0.25) is 5.91 Å². The molecular weight excluding hydrogens is 270 g/mol. The fourth-order valence-electron chi connectivity index (χ4n) is 3.76. The number of aliphatic carboxylic acids is 1. The van der Waals surface area contributed by atoms with Crippen molar-refractivity contribution in [2.45, 2.75) is 57.1 Å². The van der Waals surface area contributed by atoms with Crippen molar-refractivity contribution in [3.63, 3.8) is 0 Å². The molecule has 0 bridgehead atoms. The second kappa shape index (κ2) is 5.13. The van der Waals surface area contributed by atoms with Crippen molar-refractivity contribution < 1.29 is 19.4 Å². The van der Waals surface area contributed by atoms with Crippen LogP contribution in [0.1, 0.15) is 45.4 Å². The summed E-state index contributed by atoms with van der Waals surface area (Å²) in [6.45, 7) is 2.60. The van der Waals surface area contributed by atoms with Crippen LogP contribution in [0.25, 0.3) is 0 Å². The van der Waals surface area contributed by atoms with E-state index in [1.165, 1.54) is 0 Å². The molecule has 21 heavy (non-hydrogen) atoms. The minimum atomic E-state index is -0.736. The molecule has 1 atom stereocenters. The minimum absolute atomic E-state index is 0.110. The van der Waals surface area contributed by atoms with Crippen LogP contribution in [-0.4, -0.2) is 35.2 Å². The van der Waals surface area contributed by atoms with E-state index in [1.807, 2.05) is 6.92 Å². The summed E-state index contributed by atoms with van der Waals surface area (Å²) in [5.74, 6) is -0.903. The first-order valence-electron chi connectivity index (χ1n) is 7.75. The molecule has 0 aromatic heterocycles. The number of carboxylic acids is 1. The van der Waals surface area contributed by atoms with E-state index < -0.39 is 5.97 Å². The van der Waals surface area contributed by atoms with Gasteiger partial charge >= 0.3 is 5.97 Å². The first-order chi connectivity index (χ1) is 9.92. The van der Waals surface area contributed by atoms with E-state index in [4.69, 9.17) is 9.84 Å². The van der Waals surface area contributed by atoms with Crippen molar-refractivity contribution in [3.8, 4) is 0 Å². The van der Waals surface area contributed by atoms with E-state index in [2.05, 4.69) is 17.5 Å². The van der Waals surface area contributed by atoms with Gasteiger partial charge in [-0.3, -0.25) is 9.59 Å². The van der Waals surface area contributed by atoms with Crippen LogP contribution >= 0.6 is 0 Å². The first-order valence-corrected chi connectivity index (χ1v) is 7.75. The molecule has 116 valence electrons. The molecule has 1 unspecified atom stereocenters. The Morgan fingerprint density at radius 3 is 2.52 bits per heavy atom. The molecule has 0 radical (unpaired) electrons. The van der Waals surface area contributed by atoms with Gasteiger partial charge in [-0.1, -0.05) is 19.1 Å². The first kappa shape index (κ1) is 14.6. The van der Waals surface area contributed by atoms with Crippen LogP contribution < -0.4 is 5.32 Å². The van der Waals surface area contributed by atoms with Gasteiger partial charge in [0.15, 0.2) is 0 Å². The topological polar surface area (TPSA) is 75.6 Å². The average Bonchev–Trinajstić information content (AvgIpc) is 2.84. The number of carboxylic acid groups (broad SMARTS) is 1. The Hall–Kier alpha value is -1.36. The van der Waals surface area contributed by atoms with Crippen molar-refractivity contribution in [1.29, 1.82) is 0 Å². The maximum Gasteiger partial charge on any atom is 0.306 e. The Balaban J connectivity index is 1.55. The number of carbonyl (C=O) groups excluding carboxylic acids is 1. The molecule has 1 amide bonds. The van der Waals surface area contributed by atoms with E-state index in [0.717, 1.165) is 25.7 Å². The number of ether oxygens (including phenoxy) is 1. The second-order valence-electron chi connectivity index (χ2n) is 7.08. The third-order valence-corrected chi connectivity index (χ3v) is 5.27. The predicted octanol–water partition coefficient (Wildman–Crippen LogP) is 1.87. The highest BCUT2D eigenvalue weighted by Crippen LogP contribution is 2.46. The second-order valence-corrected chi connectivity index (χ2v) is 7.08. The lowest BCUT2D eigenvalue weighted by Crippen LogP contribution is -2.57. The van der Waals surface area contributed by atoms with Crippen molar-refractivity contribution in [3.05, 3.63) is 12.2 Å². The van der Waals surface area contributed by atoms with Gasteiger partial charge in [0.1, 0.15) is 0 Å². The van der Waals surface area contributed by atoms with Gasteiger partial charge in [-0.25, -0.2) is 0 Å². The largest absolute Gasteiger partial charge is 0.481 e. The quantitative estimate of drug-likeness (QED) is 0.779. The Labute approximate surface area is 124 Å². The molecule has 0 aromatic carbocycles. The molecule has 1 saturated carbocycles. The summed E-state index contributed by atoms with van der Waals surface area (Å²) in [6.07, 6.45) is 8.44. The number of hydrogen-bond donors (Lipinski definition) is 2. The van der Waals surface area contributed by atoms with Crippen LogP contribution in [0.15, 0.2) is 12.2 Å². The van der Waals surface area contributed by atoms with Gasteiger partial charge in [-0.05, 0) is 38.5 Å². The molecule has 1 aliphatic heterocycles. The summed E-state index contributed by atoms with van der Waals surface area (Å²) in [6, 6.07) is 0.110. The molecule has 3 rings (SSSR count). The van der Waals surface area contributed by atoms with Crippen molar-refractivity contribution >= 4 is 11.9 Å². The van der Waals surface area contributed by atoms with Gasteiger partial charge in [-0.2, -0.15) is 0 Å². The van der Waals surface area contributed by atoms with E-state index >= 15 is 0 Å². The third-order valence-electron chi connectivity index (χ3n) is 5.27. The van der Waals surface area contributed by atoms with Crippen LogP contribution in [0.3, 0.4) is 0 Å². The van der Waals surface area contributed by atoms with Gasteiger partial charge in [0.05, 0.1) is 16.9 Å². The summed E-state index contributed by atoms with van der Waals surface area (Å²) in [5.41, 5.74) is -0.622. The zero-order valence-electron chi connectivity index (χ0n) is 12.4. The lowest BCUT2D eigenvalue weighted by molar-refractivity contribution is -0.182. The highest BCUT2D eigenvalue weighted by molar-refractivity contribution is 5.83. The van der Waals surface area contributed by atoms with Gasteiger partial charge in [0.25, 0.3) is 0 Å². The summed E-state index contributed by atoms with van der Waals surface area (Å²) in [7, 11) is 0. The maximum atomic E-state index is 12.4. The van der Waals surface area contributed by atoms with Crippen molar-refractivity contribution in [2.24, 2.45) is 11.3 Å². The number of rotatable bonds is 3. The number of hydrogen-bond acceptors (Lipinski definition) is 3. The summed E-state index contributed by atoms with van der Waals surface area (Å²) < 4.78 is 5.82. The SMILES string of the molecule is CC1(C(=O)NC2CCOC3(C2)CC(C(=O)O)C3)CC=CC1. The zero-order chi connectivity index (χ0) is 15.1. The summed E-state index contributed by atoms with van der Waals surface area (Å²) in [4.78, 5) is 23.4. The van der Waals surface area contributed by atoms with Crippen molar-refractivity contribution in [2.75, 3.05) is 6.61 Å². The highest BCUT2D eigenvalue weighted by atomic mass is 16.5. The molecule has 3 aliphatic rings. The molecule has 5 heteroatoms. The molecule has 2 fully saturated rings. The fraction of sp³-hybridized carbons (Fsp3) is 0.750. The normalized spacial score (nSPS) is 37.2. The van der Waals surface area contributed by atoms with Crippen LogP contribution in [-0.2, 0) is 14.3 Å². The molecule has 1 saturated heterocycles. The van der Waals surface area contributed by atoms with Crippen LogP contribution in [0.5, 0.6) is 0 Å². The number of amides is 1. The van der Waals surface area contributed by atoms with Crippen LogP contribution in [0.4, 0.5) is 0 Å². The number of carbonyl (C=O) groups is 2. The smallest absolute Gasteiger partial charge is 0.306 e. The number of allylic oxidation sites excluding steroid dienone is 2. The lowest BCUT2D eigenvalue weighted by Gasteiger charge is -2.50. The molecular formula is C16H23NO4. The Morgan fingerprint density at radius 1 is 1.24 bits per heavy atom. The molecule has 2 aliphatic carbocycles. The van der Waals surface area contributed by atoms with Gasteiger partial charge < -0.3 is 15.2 Å². The number of nitrogens with one attached hydrogen (secondary N) is 1. The molecule has 0 aromatic rings. The fourth-order valence-corrected chi connectivity index (χ4v) is 3.76. The monoisotopic (exact) mass is 293 g/mol. The molecule has 1 heterocycles. The summed E-state index contributed by atoms with van der Waals surface area (Å²) >= 11 is 0. The third kappa shape index (κ3) is 2.71. The molecule has 2 N–H and O–H groups in total. The molecule has 5 nitrogen and oxygen atoms in total. The maximum absolute atomic E-state index is 12.4. The average molecular weight is 293 g/mol. The van der Waals surface area contributed by atoms with E-state index in [0.29, 0.717) is 19.4 Å². The van der Waals surface area contributed by atoms with Gasteiger partial charge in [0, 0.05) is 12.6 Å². The van der Waals surface area contributed by atoms with E-state index in [-0.39, 0.29) is 28.9 Å². The van der Waals surface area contributed by atoms with E-state index in [1.54, 1.807) is 0 Å². The predicted molar refractivity (Wildman–Crippen MR) is 76.7 cm³/mol. The summed E-state index contributed by atoms with van der Waals surface area (Å²) in [5, 5.41) is 12.2. The molecule has 1 spiro atoms. The lowest BCUT2D eigenvalue weighted by atomic mass is 9.66. The van der Waals surface area contributed by atoms with Crippen LogP contribution in [0.2, 0.25) is 0 Å². The Morgan fingerprint density at radius 2 is 1.90 bits per heavy atom. The Bertz CT molecular complexity index is 471. The zero-order valence-corrected chi connectivity index (χ0v) is 12.4. The van der Waals surface area contributed by atoms with E-state index in [9.17, 15) is 9.59 Å². The highest BCUT2D eigenvalue weighted by Gasteiger charge is 2.51. The van der Waals surface area contributed by atoms with Crippen molar-refractivity contribution in [1.82, 2.24) is 5.32 Å². The minimum Gasteiger partial charge on any atom is -0.481 e. The Kier molecular flexibility index (Phi) is 3.56.